The van der Waals surface area contributed by atoms with E-state index >= 15 is 0 Å². The average molecular weight is 461 g/mol. The van der Waals surface area contributed by atoms with E-state index in [9.17, 15) is 22.8 Å². The molecule has 0 bridgehead atoms. The molecule has 1 atom stereocenters. The number of aromatic nitrogens is 2. The molecule has 1 N–H and O–H groups in total. The SMILES string of the molecule is CC(OCC(=O)N1CCc2c(n(Cc3ccc(C(F)(F)F)cc3)c3ncccc23)C1)C(=O)O. The van der Waals surface area contributed by atoms with Crippen molar-refractivity contribution in [1.82, 2.24) is 14.5 Å². The molecule has 0 aliphatic carbocycles. The number of hydrogen-bond acceptors (Lipinski definition) is 4. The van der Waals surface area contributed by atoms with E-state index in [1.807, 2.05) is 16.7 Å². The van der Waals surface area contributed by atoms with Crippen molar-refractivity contribution in [1.29, 1.82) is 0 Å². The zero-order valence-electron chi connectivity index (χ0n) is 17.8. The molecule has 10 heteroatoms. The highest BCUT2D eigenvalue weighted by Crippen LogP contribution is 2.32. The fraction of sp³-hybridized carbons (Fsp3) is 0.348. The molecule has 1 aliphatic heterocycles. The molecule has 7 nitrogen and oxygen atoms in total. The standard InChI is InChI=1S/C23H22F3N3O4/c1-14(22(31)32)33-13-20(30)28-10-8-17-18-3-2-9-27-21(18)29(19(17)12-28)11-15-4-6-16(7-5-15)23(24,25)26/h2-7,9,14H,8,10-13H2,1H3,(H,31,32). The van der Waals surface area contributed by atoms with Crippen molar-refractivity contribution in [3.05, 3.63) is 65.0 Å². The first-order chi connectivity index (χ1) is 15.6. The molecule has 2 aromatic heterocycles. The monoisotopic (exact) mass is 461 g/mol. The Labute approximate surface area is 187 Å². The second-order valence-corrected chi connectivity index (χ2v) is 7.94. The van der Waals surface area contributed by atoms with Gasteiger partial charge in [-0.1, -0.05) is 12.1 Å². The molecule has 1 aromatic carbocycles. The minimum absolute atomic E-state index is 0.274. The lowest BCUT2D eigenvalue weighted by molar-refractivity contribution is -0.153. The maximum atomic E-state index is 12.9. The summed E-state index contributed by atoms with van der Waals surface area (Å²) in [5, 5.41) is 9.88. The molecule has 0 fully saturated rings. The number of hydrogen-bond donors (Lipinski definition) is 1. The van der Waals surface area contributed by atoms with Crippen molar-refractivity contribution in [2.45, 2.75) is 38.7 Å². The van der Waals surface area contributed by atoms with Crippen LogP contribution in [-0.2, 0) is 40.0 Å². The van der Waals surface area contributed by atoms with Crippen LogP contribution in [0.4, 0.5) is 13.2 Å². The molecular formula is C23H22F3N3O4. The summed E-state index contributed by atoms with van der Waals surface area (Å²) in [6, 6.07) is 8.76. The van der Waals surface area contributed by atoms with Crippen molar-refractivity contribution in [3.63, 3.8) is 0 Å². The van der Waals surface area contributed by atoms with Gasteiger partial charge in [0.2, 0.25) is 5.91 Å². The zero-order chi connectivity index (χ0) is 23.8. The van der Waals surface area contributed by atoms with E-state index in [2.05, 4.69) is 4.98 Å². The lowest BCUT2D eigenvalue weighted by Gasteiger charge is -2.29. The van der Waals surface area contributed by atoms with Crippen LogP contribution in [0.3, 0.4) is 0 Å². The minimum atomic E-state index is -4.40. The molecule has 1 aliphatic rings. The molecule has 0 saturated heterocycles. The second kappa shape index (κ2) is 8.86. The highest BCUT2D eigenvalue weighted by atomic mass is 19.4. The van der Waals surface area contributed by atoms with Crippen LogP contribution in [0.5, 0.6) is 0 Å². The number of aliphatic carboxylic acids is 1. The van der Waals surface area contributed by atoms with Gasteiger partial charge in [-0.25, -0.2) is 9.78 Å². The fourth-order valence-electron chi connectivity index (χ4n) is 3.98. The predicted octanol–water partition coefficient (Wildman–Crippen LogP) is 3.48. The smallest absolute Gasteiger partial charge is 0.416 e. The van der Waals surface area contributed by atoms with Gasteiger partial charge in [0.05, 0.1) is 12.1 Å². The van der Waals surface area contributed by atoms with Crippen LogP contribution < -0.4 is 0 Å². The van der Waals surface area contributed by atoms with Crippen LogP contribution in [-0.4, -0.2) is 50.7 Å². The van der Waals surface area contributed by atoms with Crippen LogP contribution in [0.25, 0.3) is 11.0 Å². The molecule has 3 heterocycles. The number of halogens is 3. The zero-order valence-corrected chi connectivity index (χ0v) is 17.8. The maximum Gasteiger partial charge on any atom is 0.416 e. The molecule has 33 heavy (non-hydrogen) atoms. The number of alkyl halides is 3. The summed E-state index contributed by atoms with van der Waals surface area (Å²) in [5.41, 5.74) is 2.57. The number of ether oxygens (including phenoxy) is 1. The van der Waals surface area contributed by atoms with E-state index in [1.165, 1.54) is 19.1 Å². The highest BCUT2D eigenvalue weighted by Gasteiger charge is 2.30. The Balaban J connectivity index is 1.61. The van der Waals surface area contributed by atoms with Gasteiger partial charge in [-0.3, -0.25) is 4.79 Å². The van der Waals surface area contributed by atoms with Gasteiger partial charge in [0.15, 0.2) is 6.10 Å². The Morgan fingerprint density at radius 2 is 1.94 bits per heavy atom. The minimum Gasteiger partial charge on any atom is -0.479 e. The Morgan fingerprint density at radius 3 is 2.61 bits per heavy atom. The summed E-state index contributed by atoms with van der Waals surface area (Å²) in [4.78, 5) is 29.6. The summed E-state index contributed by atoms with van der Waals surface area (Å²) < 4.78 is 45.8. The third-order valence-corrected chi connectivity index (χ3v) is 5.79. The number of rotatable bonds is 6. The highest BCUT2D eigenvalue weighted by molar-refractivity contribution is 5.84. The normalized spacial score (nSPS) is 14.8. The summed E-state index contributed by atoms with van der Waals surface area (Å²) in [6.45, 7) is 2.04. The lowest BCUT2D eigenvalue weighted by atomic mass is 10.0. The van der Waals surface area contributed by atoms with Gasteiger partial charge in [0, 0.05) is 30.4 Å². The molecule has 1 unspecified atom stereocenters. The number of carbonyl (C=O) groups excluding carboxylic acids is 1. The van der Waals surface area contributed by atoms with E-state index in [0.29, 0.717) is 30.7 Å². The topological polar surface area (TPSA) is 84.7 Å². The van der Waals surface area contributed by atoms with E-state index in [1.54, 1.807) is 11.1 Å². The first-order valence-corrected chi connectivity index (χ1v) is 10.4. The molecule has 1 amide bonds. The van der Waals surface area contributed by atoms with Crippen LogP contribution in [0, 0.1) is 0 Å². The number of fused-ring (bicyclic) bond motifs is 3. The second-order valence-electron chi connectivity index (χ2n) is 7.94. The van der Waals surface area contributed by atoms with Gasteiger partial charge >= 0.3 is 12.1 Å². The van der Waals surface area contributed by atoms with Crippen molar-refractivity contribution in [2.24, 2.45) is 0 Å². The third-order valence-electron chi connectivity index (χ3n) is 5.79. The Hall–Kier alpha value is -3.40. The first-order valence-electron chi connectivity index (χ1n) is 10.4. The van der Waals surface area contributed by atoms with Crippen LogP contribution in [0.2, 0.25) is 0 Å². The van der Waals surface area contributed by atoms with Crippen molar-refractivity contribution >= 4 is 22.9 Å². The summed E-state index contributed by atoms with van der Waals surface area (Å²) in [7, 11) is 0. The van der Waals surface area contributed by atoms with Gasteiger partial charge in [0.1, 0.15) is 12.3 Å². The molecule has 0 radical (unpaired) electrons. The Bertz CT molecular complexity index is 1190. The predicted molar refractivity (Wildman–Crippen MR) is 112 cm³/mol. The van der Waals surface area contributed by atoms with E-state index in [-0.39, 0.29) is 19.1 Å². The maximum absolute atomic E-state index is 12.9. The van der Waals surface area contributed by atoms with Crippen molar-refractivity contribution in [2.75, 3.05) is 13.2 Å². The molecule has 174 valence electrons. The largest absolute Gasteiger partial charge is 0.479 e. The van der Waals surface area contributed by atoms with Gasteiger partial charge < -0.3 is 19.3 Å². The number of pyridine rings is 1. The summed E-state index contributed by atoms with van der Waals surface area (Å²) in [6.07, 6.45) is -3.26. The molecule has 0 spiro atoms. The number of carboxylic acids is 1. The fourth-order valence-corrected chi connectivity index (χ4v) is 3.98. The lowest BCUT2D eigenvalue weighted by Crippen LogP contribution is -2.40. The first kappa shape index (κ1) is 22.8. The molecular weight excluding hydrogens is 439 g/mol. The summed E-state index contributed by atoms with van der Waals surface area (Å²) >= 11 is 0. The number of amides is 1. The third kappa shape index (κ3) is 4.70. The van der Waals surface area contributed by atoms with Gasteiger partial charge in [0.25, 0.3) is 0 Å². The van der Waals surface area contributed by atoms with E-state index in [0.717, 1.165) is 28.8 Å². The molecule has 0 saturated carbocycles. The number of carboxylic acid groups (broad SMARTS) is 1. The molecule has 4 rings (SSSR count). The van der Waals surface area contributed by atoms with Crippen LogP contribution >= 0.6 is 0 Å². The van der Waals surface area contributed by atoms with E-state index < -0.39 is 23.8 Å². The Morgan fingerprint density at radius 1 is 1.21 bits per heavy atom. The van der Waals surface area contributed by atoms with Crippen molar-refractivity contribution < 1.29 is 32.6 Å². The number of nitrogens with zero attached hydrogens (tertiary/aromatic N) is 3. The van der Waals surface area contributed by atoms with Crippen molar-refractivity contribution in [3.8, 4) is 0 Å². The quantitative estimate of drug-likeness (QED) is 0.608. The van der Waals surface area contributed by atoms with Gasteiger partial charge in [-0.2, -0.15) is 13.2 Å². The van der Waals surface area contributed by atoms with Gasteiger partial charge in [-0.05, 0) is 48.7 Å². The average Bonchev–Trinajstić information content (AvgIpc) is 3.10. The summed E-state index contributed by atoms with van der Waals surface area (Å²) in [5.74, 6) is -1.47. The van der Waals surface area contributed by atoms with Crippen LogP contribution in [0.15, 0.2) is 42.6 Å². The molecule has 3 aromatic rings. The van der Waals surface area contributed by atoms with Crippen LogP contribution in [0.1, 0.15) is 29.3 Å². The van der Waals surface area contributed by atoms with E-state index in [4.69, 9.17) is 9.84 Å². The number of benzene rings is 1. The van der Waals surface area contributed by atoms with Gasteiger partial charge in [-0.15, -0.1) is 0 Å². The number of carbonyl (C=O) groups is 2. The Kier molecular flexibility index (Phi) is 6.11.